The van der Waals surface area contributed by atoms with Crippen LogP contribution in [0.15, 0.2) is 46.7 Å². The summed E-state index contributed by atoms with van der Waals surface area (Å²) < 4.78 is 30.3. The molecule has 2 aromatic rings. The first kappa shape index (κ1) is 15.7. The summed E-state index contributed by atoms with van der Waals surface area (Å²) in [4.78, 5) is 13.0. The molecule has 7 heteroatoms. The molecule has 2 rings (SSSR count). The number of sulfonamides is 1. The number of hydrogen-bond donors (Lipinski definition) is 0. The number of carbonyl (C=O) groups is 1. The molecule has 0 unspecified atom stereocenters. The summed E-state index contributed by atoms with van der Waals surface area (Å²) in [7, 11) is -0.680. The van der Waals surface area contributed by atoms with E-state index in [0.717, 1.165) is 9.18 Å². The molecule has 0 aliphatic carbocycles. The zero-order chi connectivity index (χ0) is 15.5. The van der Waals surface area contributed by atoms with Crippen LogP contribution in [0.4, 0.5) is 0 Å². The number of thiophene rings is 1. The first-order valence-corrected chi connectivity index (χ1v) is 8.45. The zero-order valence-electron chi connectivity index (χ0n) is 11.6. The minimum Gasteiger partial charge on any atom is -0.456 e. The van der Waals surface area contributed by atoms with Crippen LogP contribution in [-0.2, 0) is 21.4 Å². The fraction of sp³-hybridized carbons (Fsp3) is 0.214. The van der Waals surface area contributed by atoms with E-state index in [9.17, 15) is 13.2 Å². The standard InChI is InChI=1S/C14H15NO4S2/c1-15(2)21(17,18)13-7-3-5-11(9-13)14(16)19-10-12-6-4-8-20-12/h3-9H,10H2,1-2H3. The summed E-state index contributed by atoms with van der Waals surface area (Å²) >= 11 is 1.49. The van der Waals surface area contributed by atoms with Crippen molar-refractivity contribution < 1.29 is 17.9 Å². The van der Waals surface area contributed by atoms with Crippen molar-refractivity contribution >= 4 is 27.3 Å². The molecular weight excluding hydrogens is 310 g/mol. The number of benzene rings is 1. The molecule has 0 amide bonds. The van der Waals surface area contributed by atoms with Gasteiger partial charge in [-0.2, -0.15) is 0 Å². The summed E-state index contributed by atoms with van der Waals surface area (Å²) in [5.74, 6) is -0.542. The van der Waals surface area contributed by atoms with Gasteiger partial charge in [-0.1, -0.05) is 12.1 Å². The highest BCUT2D eigenvalue weighted by Crippen LogP contribution is 2.16. The Hall–Kier alpha value is -1.70. The van der Waals surface area contributed by atoms with Crippen LogP contribution in [0.3, 0.4) is 0 Å². The van der Waals surface area contributed by atoms with E-state index in [2.05, 4.69) is 0 Å². The van der Waals surface area contributed by atoms with E-state index >= 15 is 0 Å². The van der Waals surface area contributed by atoms with E-state index in [0.29, 0.717) is 0 Å². The van der Waals surface area contributed by atoms with Gasteiger partial charge in [0.15, 0.2) is 0 Å². The molecule has 0 spiro atoms. The fourth-order valence-corrected chi connectivity index (χ4v) is 3.17. The zero-order valence-corrected chi connectivity index (χ0v) is 13.3. The van der Waals surface area contributed by atoms with Gasteiger partial charge in [-0.25, -0.2) is 17.5 Å². The van der Waals surface area contributed by atoms with Crippen molar-refractivity contribution in [1.29, 1.82) is 0 Å². The molecule has 0 radical (unpaired) electrons. The molecule has 112 valence electrons. The Kier molecular flexibility index (Phi) is 4.76. The lowest BCUT2D eigenvalue weighted by molar-refractivity contribution is 0.0476. The molecule has 1 aromatic heterocycles. The number of carbonyl (C=O) groups excluding carboxylic acids is 1. The number of esters is 1. The van der Waals surface area contributed by atoms with Gasteiger partial charge in [0, 0.05) is 19.0 Å². The van der Waals surface area contributed by atoms with Crippen LogP contribution < -0.4 is 0 Å². The van der Waals surface area contributed by atoms with Gasteiger partial charge in [0.25, 0.3) is 0 Å². The third-order valence-corrected chi connectivity index (χ3v) is 5.43. The molecule has 0 aliphatic heterocycles. The van der Waals surface area contributed by atoms with E-state index in [1.807, 2.05) is 17.5 Å². The fourth-order valence-electron chi connectivity index (χ4n) is 1.61. The van der Waals surface area contributed by atoms with Gasteiger partial charge in [0.2, 0.25) is 10.0 Å². The number of ether oxygens (including phenoxy) is 1. The highest BCUT2D eigenvalue weighted by molar-refractivity contribution is 7.89. The van der Waals surface area contributed by atoms with Crippen LogP contribution in [0.5, 0.6) is 0 Å². The highest BCUT2D eigenvalue weighted by Gasteiger charge is 2.19. The van der Waals surface area contributed by atoms with Crippen LogP contribution >= 0.6 is 11.3 Å². The van der Waals surface area contributed by atoms with E-state index in [4.69, 9.17) is 4.74 Å². The molecule has 0 fully saturated rings. The summed E-state index contributed by atoms with van der Waals surface area (Å²) in [6.07, 6.45) is 0. The number of nitrogens with zero attached hydrogens (tertiary/aromatic N) is 1. The lowest BCUT2D eigenvalue weighted by atomic mass is 10.2. The third kappa shape index (κ3) is 3.69. The quantitative estimate of drug-likeness (QED) is 0.792. The lowest BCUT2D eigenvalue weighted by Gasteiger charge is -2.12. The topological polar surface area (TPSA) is 63.7 Å². The second kappa shape index (κ2) is 6.38. The Bertz CT molecular complexity index is 721. The Labute approximate surface area is 127 Å². The predicted octanol–water partition coefficient (Wildman–Crippen LogP) is 2.36. The first-order chi connectivity index (χ1) is 9.91. The van der Waals surface area contributed by atoms with E-state index in [1.54, 1.807) is 0 Å². The molecule has 0 N–H and O–H groups in total. The SMILES string of the molecule is CN(C)S(=O)(=O)c1cccc(C(=O)OCc2cccs2)c1. The molecule has 0 aliphatic rings. The maximum absolute atomic E-state index is 12.0. The Balaban J connectivity index is 2.15. The summed E-state index contributed by atoms with van der Waals surface area (Å²) in [6, 6.07) is 9.57. The van der Waals surface area contributed by atoms with Crippen molar-refractivity contribution in [3.8, 4) is 0 Å². The maximum Gasteiger partial charge on any atom is 0.338 e. The van der Waals surface area contributed by atoms with Crippen LogP contribution in [0, 0.1) is 0 Å². The van der Waals surface area contributed by atoms with Gasteiger partial charge in [-0.15, -0.1) is 11.3 Å². The van der Waals surface area contributed by atoms with E-state index in [-0.39, 0.29) is 17.1 Å². The predicted molar refractivity (Wildman–Crippen MR) is 80.8 cm³/mol. The smallest absolute Gasteiger partial charge is 0.338 e. The summed E-state index contributed by atoms with van der Waals surface area (Å²) in [5.41, 5.74) is 0.217. The molecule has 5 nitrogen and oxygen atoms in total. The second-order valence-corrected chi connectivity index (χ2v) is 7.65. The lowest BCUT2D eigenvalue weighted by Crippen LogP contribution is -2.22. The molecule has 1 heterocycles. The van der Waals surface area contributed by atoms with Crippen molar-refractivity contribution in [3.63, 3.8) is 0 Å². The maximum atomic E-state index is 12.0. The second-order valence-electron chi connectivity index (χ2n) is 4.47. The minimum atomic E-state index is -3.56. The molecule has 0 saturated carbocycles. The average Bonchev–Trinajstić information content (AvgIpc) is 2.98. The van der Waals surface area contributed by atoms with Gasteiger partial charge in [0.1, 0.15) is 6.61 Å². The number of rotatable bonds is 5. The van der Waals surface area contributed by atoms with Crippen molar-refractivity contribution in [2.75, 3.05) is 14.1 Å². The molecule has 21 heavy (non-hydrogen) atoms. The van der Waals surface area contributed by atoms with Crippen molar-refractivity contribution in [2.45, 2.75) is 11.5 Å². The molecule has 1 aromatic carbocycles. The van der Waals surface area contributed by atoms with E-state index < -0.39 is 16.0 Å². The average molecular weight is 325 g/mol. The van der Waals surface area contributed by atoms with Crippen LogP contribution in [0.25, 0.3) is 0 Å². The van der Waals surface area contributed by atoms with Gasteiger partial charge >= 0.3 is 5.97 Å². The monoisotopic (exact) mass is 325 g/mol. The van der Waals surface area contributed by atoms with Crippen molar-refractivity contribution in [3.05, 3.63) is 52.2 Å². The largest absolute Gasteiger partial charge is 0.456 e. The Morgan fingerprint density at radius 3 is 2.62 bits per heavy atom. The van der Waals surface area contributed by atoms with Crippen LogP contribution in [0.2, 0.25) is 0 Å². The Morgan fingerprint density at radius 2 is 2.00 bits per heavy atom. The first-order valence-electron chi connectivity index (χ1n) is 6.13. The van der Waals surface area contributed by atoms with Gasteiger partial charge in [0.05, 0.1) is 10.5 Å². The van der Waals surface area contributed by atoms with Gasteiger partial charge in [-0.05, 0) is 29.6 Å². The minimum absolute atomic E-state index is 0.0677. The highest BCUT2D eigenvalue weighted by atomic mass is 32.2. The van der Waals surface area contributed by atoms with Crippen molar-refractivity contribution in [1.82, 2.24) is 4.31 Å². The van der Waals surface area contributed by atoms with E-state index in [1.165, 1.54) is 49.7 Å². The molecule has 0 bridgehead atoms. The molecular formula is C14H15NO4S2. The van der Waals surface area contributed by atoms with Crippen molar-refractivity contribution in [2.24, 2.45) is 0 Å². The normalized spacial score (nSPS) is 11.6. The third-order valence-electron chi connectivity index (χ3n) is 2.77. The van der Waals surface area contributed by atoms with Gasteiger partial charge in [-0.3, -0.25) is 0 Å². The van der Waals surface area contributed by atoms with Crippen LogP contribution in [-0.4, -0.2) is 32.8 Å². The number of hydrogen-bond acceptors (Lipinski definition) is 5. The summed E-state index contributed by atoms with van der Waals surface area (Å²) in [5, 5.41) is 1.90. The molecule has 0 atom stereocenters. The summed E-state index contributed by atoms with van der Waals surface area (Å²) in [6.45, 7) is 0.182. The Morgan fingerprint density at radius 1 is 1.24 bits per heavy atom. The van der Waals surface area contributed by atoms with Crippen LogP contribution in [0.1, 0.15) is 15.2 Å². The molecule has 0 saturated heterocycles. The van der Waals surface area contributed by atoms with Gasteiger partial charge < -0.3 is 4.74 Å².